The summed E-state index contributed by atoms with van der Waals surface area (Å²) in [5.41, 5.74) is 11.4. The number of carbonyl (C=O) groups is 1. The van der Waals surface area contributed by atoms with Crippen molar-refractivity contribution in [1.82, 2.24) is 5.32 Å². The van der Waals surface area contributed by atoms with Crippen LogP contribution in [0.2, 0.25) is 0 Å². The van der Waals surface area contributed by atoms with Gasteiger partial charge >= 0.3 is 0 Å². The summed E-state index contributed by atoms with van der Waals surface area (Å²) in [5, 5.41) is 5.74. The zero-order valence-corrected chi connectivity index (χ0v) is 16.5. The zero-order chi connectivity index (χ0) is 16.9. The van der Waals surface area contributed by atoms with Gasteiger partial charge in [0.1, 0.15) is 0 Å². The van der Waals surface area contributed by atoms with Gasteiger partial charge in [0.2, 0.25) is 0 Å². The van der Waals surface area contributed by atoms with Crippen LogP contribution in [0.15, 0.2) is 47.5 Å². The van der Waals surface area contributed by atoms with Crippen LogP contribution in [0.4, 0.5) is 5.69 Å². The maximum absolute atomic E-state index is 11.5. The zero-order valence-electron chi connectivity index (χ0n) is 14.2. The summed E-state index contributed by atoms with van der Waals surface area (Å²) in [5.74, 6) is 0.297. The fourth-order valence-electron chi connectivity index (χ4n) is 2.92. The molecule has 0 radical (unpaired) electrons. The van der Waals surface area contributed by atoms with Gasteiger partial charge in [-0.2, -0.15) is 0 Å². The van der Waals surface area contributed by atoms with Crippen LogP contribution in [0.3, 0.4) is 0 Å². The molecule has 3 rings (SSSR count). The Morgan fingerprint density at radius 3 is 2.56 bits per heavy atom. The molecule has 0 aromatic heterocycles. The van der Waals surface area contributed by atoms with E-state index >= 15 is 0 Å². The minimum atomic E-state index is -0.0946. The lowest BCUT2D eigenvalue weighted by Crippen LogP contribution is -2.22. The summed E-state index contributed by atoms with van der Waals surface area (Å²) < 4.78 is 0. The number of nitrogens with two attached hydrogens (primary N) is 1. The van der Waals surface area contributed by atoms with E-state index < -0.39 is 0 Å². The summed E-state index contributed by atoms with van der Waals surface area (Å²) >= 11 is 0. The molecular formula is C19H23IN4O. The Morgan fingerprint density at radius 2 is 1.84 bits per heavy atom. The van der Waals surface area contributed by atoms with E-state index in [1.165, 1.54) is 24.0 Å². The molecule has 1 amide bonds. The highest BCUT2D eigenvalue weighted by atomic mass is 127. The number of halogens is 1. The molecule has 0 saturated heterocycles. The lowest BCUT2D eigenvalue weighted by Gasteiger charge is -2.08. The first-order valence-corrected chi connectivity index (χ1v) is 8.15. The quantitative estimate of drug-likeness (QED) is 0.381. The van der Waals surface area contributed by atoms with Crippen molar-refractivity contribution in [1.29, 1.82) is 0 Å². The highest BCUT2D eigenvalue weighted by Crippen LogP contribution is 2.24. The number of anilines is 1. The van der Waals surface area contributed by atoms with Gasteiger partial charge in [-0.05, 0) is 60.2 Å². The Hall–Kier alpha value is -2.09. The first kappa shape index (κ1) is 19.2. The van der Waals surface area contributed by atoms with Crippen molar-refractivity contribution in [3.8, 4) is 0 Å². The van der Waals surface area contributed by atoms with Gasteiger partial charge in [0, 0.05) is 18.3 Å². The minimum Gasteiger partial charge on any atom is -0.370 e. The molecule has 0 heterocycles. The smallest absolute Gasteiger partial charge is 0.251 e. The van der Waals surface area contributed by atoms with E-state index in [1.807, 2.05) is 18.2 Å². The largest absolute Gasteiger partial charge is 0.370 e. The summed E-state index contributed by atoms with van der Waals surface area (Å²) in [4.78, 5) is 15.9. The lowest BCUT2D eigenvalue weighted by molar-refractivity contribution is 0.0963. The molecule has 0 aliphatic heterocycles. The summed E-state index contributed by atoms with van der Waals surface area (Å²) in [7, 11) is 1.62. The predicted molar refractivity (Wildman–Crippen MR) is 113 cm³/mol. The number of fused-ring (bicyclic) bond motifs is 1. The number of rotatable bonds is 4. The van der Waals surface area contributed by atoms with Gasteiger partial charge in [-0.3, -0.25) is 4.79 Å². The number of hydrogen-bond acceptors (Lipinski definition) is 2. The van der Waals surface area contributed by atoms with Crippen LogP contribution in [0.25, 0.3) is 0 Å². The molecule has 0 saturated carbocycles. The molecule has 0 atom stereocenters. The number of amides is 1. The topological polar surface area (TPSA) is 79.5 Å². The van der Waals surface area contributed by atoms with E-state index in [9.17, 15) is 4.79 Å². The number of guanidine groups is 1. The SMILES string of the molecule is CNC(=O)c1ccc(CN=C(N)Nc2ccc3c(c2)CCC3)cc1.I. The Morgan fingerprint density at radius 1 is 1.12 bits per heavy atom. The molecule has 1 aliphatic rings. The highest BCUT2D eigenvalue weighted by molar-refractivity contribution is 14.0. The van der Waals surface area contributed by atoms with Gasteiger partial charge in [0.15, 0.2) is 5.96 Å². The van der Waals surface area contributed by atoms with Gasteiger partial charge in [-0.15, -0.1) is 24.0 Å². The second kappa shape index (κ2) is 8.84. The van der Waals surface area contributed by atoms with E-state index in [2.05, 4.69) is 27.8 Å². The van der Waals surface area contributed by atoms with Gasteiger partial charge < -0.3 is 16.4 Å². The molecule has 0 spiro atoms. The number of carbonyl (C=O) groups excluding carboxylic acids is 1. The van der Waals surface area contributed by atoms with E-state index in [4.69, 9.17) is 5.73 Å². The third-order valence-electron chi connectivity index (χ3n) is 4.25. The first-order chi connectivity index (χ1) is 11.7. The van der Waals surface area contributed by atoms with E-state index in [0.717, 1.165) is 17.7 Å². The summed E-state index contributed by atoms with van der Waals surface area (Å²) in [6, 6.07) is 13.7. The maximum atomic E-state index is 11.5. The average molecular weight is 450 g/mol. The molecule has 4 N–H and O–H groups in total. The van der Waals surface area contributed by atoms with Crippen LogP contribution < -0.4 is 16.4 Å². The molecule has 0 unspecified atom stereocenters. The number of aryl methyl sites for hydroxylation is 2. The lowest BCUT2D eigenvalue weighted by atomic mass is 10.1. The molecular weight excluding hydrogens is 427 g/mol. The van der Waals surface area contributed by atoms with Gasteiger partial charge in [-0.25, -0.2) is 4.99 Å². The molecule has 0 fully saturated rings. The van der Waals surface area contributed by atoms with Crippen molar-refractivity contribution < 1.29 is 4.79 Å². The van der Waals surface area contributed by atoms with E-state index in [-0.39, 0.29) is 29.9 Å². The molecule has 2 aromatic carbocycles. The minimum absolute atomic E-state index is 0. The third-order valence-corrected chi connectivity index (χ3v) is 4.25. The van der Waals surface area contributed by atoms with Gasteiger partial charge in [0.05, 0.1) is 6.54 Å². The fourth-order valence-corrected chi connectivity index (χ4v) is 2.92. The number of aliphatic imine (C=N–C) groups is 1. The molecule has 2 aromatic rings. The highest BCUT2D eigenvalue weighted by Gasteiger charge is 2.10. The standard InChI is InChI=1S/C19H22N4O.HI/c1-21-18(24)15-7-5-13(6-8-15)12-22-19(20)23-17-10-9-14-3-2-4-16(14)11-17;/h5-11H,2-4,12H2,1H3,(H,21,24)(H3,20,22,23);1H. The number of nitrogens with zero attached hydrogens (tertiary/aromatic N) is 1. The van der Waals surface area contributed by atoms with Crippen molar-refractivity contribution in [2.45, 2.75) is 25.8 Å². The van der Waals surface area contributed by atoms with Crippen LogP contribution in [0, 0.1) is 0 Å². The van der Waals surface area contributed by atoms with Crippen LogP contribution >= 0.6 is 24.0 Å². The summed E-state index contributed by atoms with van der Waals surface area (Å²) in [6.45, 7) is 0.470. The van der Waals surface area contributed by atoms with Crippen molar-refractivity contribution >= 4 is 41.5 Å². The number of nitrogens with one attached hydrogen (secondary N) is 2. The van der Waals surface area contributed by atoms with Crippen molar-refractivity contribution in [2.75, 3.05) is 12.4 Å². The van der Waals surface area contributed by atoms with Crippen molar-refractivity contribution in [3.05, 3.63) is 64.7 Å². The molecule has 5 nitrogen and oxygen atoms in total. The Bertz CT molecular complexity index is 771. The Labute approximate surface area is 165 Å². The van der Waals surface area contributed by atoms with E-state index in [0.29, 0.717) is 18.1 Å². The maximum Gasteiger partial charge on any atom is 0.251 e. The molecule has 0 bridgehead atoms. The van der Waals surface area contributed by atoms with Crippen LogP contribution in [-0.4, -0.2) is 18.9 Å². The van der Waals surface area contributed by atoms with Crippen molar-refractivity contribution in [2.24, 2.45) is 10.7 Å². The molecule has 6 heteroatoms. The fraction of sp³-hybridized carbons (Fsp3) is 0.263. The number of hydrogen-bond donors (Lipinski definition) is 3. The van der Waals surface area contributed by atoms with Crippen LogP contribution in [0.5, 0.6) is 0 Å². The molecule has 1 aliphatic carbocycles. The molecule has 132 valence electrons. The molecule has 25 heavy (non-hydrogen) atoms. The summed E-state index contributed by atoms with van der Waals surface area (Å²) in [6.07, 6.45) is 3.54. The van der Waals surface area contributed by atoms with Gasteiger partial charge in [0.25, 0.3) is 5.91 Å². The second-order valence-electron chi connectivity index (χ2n) is 5.94. The first-order valence-electron chi connectivity index (χ1n) is 8.15. The monoisotopic (exact) mass is 450 g/mol. The predicted octanol–water partition coefficient (Wildman–Crippen LogP) is 3.08. The number of benzene rings is 2. The van der Waals surface area contributed by atoms with E-state index in [1.54, 1.807) is 19.2 Å². The average Bonchev–Trinajstić information content (AvgIpc) is 3.07. The Kier molecular flexibility index (Phi) is 6.81. The normalized spacial score (nSPS) is 12.9. The van der Waals surface area contributed by atoms with Crippen LogP contribution in [0.1, 0.15) is 33.5 Å². The van der Waals surface area contributed by atoms with Gasteiger partial charge in [-0.1, -0.05) is 18.2 Å². The van der Waals surface area contributed by atoms with Crippen molar-refractivity contribution in [3.63, 3.8) is 0 Å². The van der Waals surface area contributed by atoms with Crippen LogP contribution in [-0.2, 0) is 19.4 Å². The second-order valence-corrected chi connectivity index (χ2v) is 5.94. The Balaban J connectivity index is 0.00000225. The third kappa shape index (κ3) is 4.94.